The van der Waals surface area contributed by atoms with E-state index in [1.54, 1.807) is 6.20 Å². The summed E-state index contributed by atoms with van der Waals surface area (Å²) >= 11 is 0. The predicted octanol–water partition coefficient (Wildman–Crippen LogP) is 3.26. The van der Waals surface area contributed by atoms with Crippen LogP contribution in [0.2, 0.25) is 0 Å². The summed E-state index contributed by atoms with van der Waals surface area (Å²) in [4.78, 5) is 4.29. The molecule has 0 atom stereocenters. The summed E-state index contributed by atoms with van der Waals surface area (Å²) in [5, 5.41) is 8.85. The molecule has 0 aliphatic rings. The number of rotatable bonds is 1. The molecule has 0 amide bonds. The van der Waals surface area contributed by atoms with Crippen LogP contribution in [0.3, 0.4) is 0 Å². The van der Waals surface area contributed by atoms with Gasteiger partial charge in [0.1, 0.15) is 11.9 Å². The van der Waals surface area contributed by atoms with E-state index in [-0.39, 0.29) is 5.41 Å². The number of aromatic nitrogens is 2. The van der Waals surface area contributed by atoms with Gasteiger partial charge in [-0.05, 0) is 11.0 Å². The third kappa shape index (κ3) is 2.28. The number of nitrogens with zero attached hydrogens (tertiary/aromatic N) is 3. The van der Waals surface area contributed by atoms with Gasteiger partial charge in [0.15, 0.2) is 5.69 Å². The number of imidazole rings is 1. The number of benzene rings is 1. The van der Waals surface area contributed by atoms with Gasteiger partial charge in [-0.15, -0.1) is 0 Å². The summed E-state index contributed by atoms with van der Waals surface area (Å²) < 4.78 is 1.88. The van der Waals surface area contributed by atoms with Crippen molar-refractivity contribution in [1.29, 1.82) is 5.26 Å². The van der Waals surface area contributed by atoms with Crippen LogP contribution in [0.4, 0.5) is 0 Å². The predicted molar refractivity (Wildman–Crippen MR) is 72.1 cm³/mol. The fraction of sp³-hybridized carbons (Fsp3) is 0.333. The van der Waals surface area contributed by atoms with Gasteiger partial charge in [-0.1, -0.05) is 45.0 Å². The van der Waals surface area contributed by atoms with E-state index in [2.05, 4.69) is 56.1 Å². The highest BCUT2D eigenvalue weighted by molar-refractivity contribution is 5.57. The Morgan fingerprint density at radius 1 is 1.17 bits per heavy atom. The van der Waals surface area contributed by atoms with Gasteiger partial charge in [-0.3, -0.25) is 0 Å². The van der Waals surface area contributed by atoms with Crippen LogP contribution < -0.4 is 0 Å². The molecule has 0 bridgehead atoms. The van der Waals surface area contributed by atoms with E-state index in [0.29, 0.717) is 5.69 Å². The molecule has 0 saturated carbocycles. The minimum Gasteiger partial charge on any atom is -0.333 e. The first-order chi connectivity index (χ1) is 8.41. The molecule has 0 unspecified atom stereocenters. The van der Waals surface area contributed by atoms with Gasteiger partial charge in [-0.2, -0.15) is 5.26 Å². The Labute approximate surface area is 108 Å². The smallest absolute Gasteiger partial charge is 0.159 e. The maximum Gasteiger partial charge on any atom is 0.159 e. The zero-order valence-electron chi connectivity index (χ0n) is 11.2. The van der Waals surface area contributed by atoms with Crippen molar-refractivity contribution in [2.75, 3.05) is 0 Å². The lowest BCUT2D eigenvalue weighted by atomic mass is 9.87. The third-order valence-corrected chi connectivity index (χ3v) is 3.00. The van der Waals surface area contributed by atoms with Gasteiger partial charge in [0.25, 0.3) is 0 Å². The van der Waals surface area contributed by atoms with Crippen LogP contribution in [0.25, 0.3) is 11.4 Å². The summed E-state index contributed by atoms with van der Waals surface area (Å²) in [7, 11) is 1.90. The van der Waals surface area contributed by atoms with Gasteiger partial charge in [0, 0.05) is 18.8 Å². The van der Waals surface area contributed by atoms with Crippen LogP contribution in [0.15, 0.2) is 30.5 Å². The third-order valence-electron chi connectivity index (χ3n) is 3.00. The second-order valence-corrected chi connectivity index (χ2v) is 5.50. The highest BCUT2D eigenvalue weighted by atomic mass is 15.0. The average Bonchev–Trinajstić information content (AvgIpc) is 2.70. The maximum absolute atomic E-state index is 8.85. The number of nitriles is 1. The summed E-state index contributed by atoms with van der Waals surface area (Å²) in [6.07, 6.45) is 1.74. The molecule has 2 rings (SSSR count). The van der Waals surface area contributed by atoms with E-state index >= 15 is 0 Å². The van der Waals surface area contributed by atoms with E-state index in [4.69, 9.17) is 5.26 Å². The first-order valence-corrected chi connectivity index (χ1v) is 5.96. The largest absolute Gasteiger partial charge is 0.333 e. The quantitative estimate of drug-likeness (QED) is 0.766. The number of aryl methyl sites for hydroxylation is 1. The van der Waals surface area contributed by atoms with Crippen molar-refractivity contribution >= 4 is 0 Å². The van der Waals surface area contributed by atoms with Crippen molar-refractivity contribution < 1.29 is 0 Å². The zero-order chi connectivity index (χ0) is 13.3. The van der Waals surface area contributed by atoms with Crippen LogP contribution in [-0.2, 0) is 12.5 Å². The van der Waals surface area contributed by atoms with Crippen LogP contribution in [-0.4, -0.2) is 9.55 Å². The van der Waals surface area contributed by atoms with Gasteiger partial charge < -0.3 is 4.57 Å². The summed E-state index contributed by atoms with van der Waals surface area (Å²) in [6, 6.07) is 10.4. The minimum absolute atomic E-state index is 0.151. The first-order valence-electron chi connectivity index (χ1n) is 5.96. The fourth-order valence-corrected chi connectivity index (χ4v) is 1.91. The van der Waals surface area contributed by atoms with E-state index < -0.39 is 0 Å². The first kappa shape index (κ1) is 12.4. The van der Waals surface area contributed by atoms with Crippen molar-refractivity contribution in [2.45, 2.75) is 26.2 Å². The van der Waals surface area contributed by atoms with E-state index in [1.165, 1.54) is 5.56 Å². The van der Waals surface area contributed by atoms with Crippen molar-refractivity contribution in [2.24, 2.45) is 7.05 Å². The Morgan fingerprint density at radius 2 is 1.78 bits per heavy atom. The molecule has 0 fully saturated rings. The lowest BCUT2D eigenvalue weighted by molar-refractivity contribution is 0.590. The standard InChI is InChI=1S/C15H17N3/c1-15(2,3)12-7-5-11(6-8-12)14-17-13(9-16)10-18(14)4/h5-8,10H,1-4H3. The summed E-state index contributed by atoms with van der Waals surface area (Å²) in [6.45, 7) is 6.57. The molecule has 2 aromatic rings. The Kier molecular flexibility index (Phi) is 2.96. The summed E-state index contributed by atoms with van der Waals surface area (Å²) in [5.74, 6) is 0.826. The monoisotopic (exact) mass is 239 g/mol. The summed E-state index contributed by atoms with van der Waals surface area (Å²) in [5.41, 5.74) is 2.93. The molecule has 1 heterocycles. The molecule has 1 aromatic heterocycles. The second-order valence-electron chi connectivity index (χ2n) is 5.50. The number of hydrogen-bond acceptors (Lipinski definition) is 2. The maximum atomic E-state index is 8.85. The van der Waals surface area contributed by atoms with Gasteiger partial charge in [0.05, 0.1) is 0 Å². The minimum atomic E-state index is 0.151. The molecule has 3 nitrogen and oxygen atoms in total. The molecule has 3 heteroatoms. The molecule has 18 heavy (non-hydrogen) atoms. The zero-order valence-corrected chi connectivity index (χ0v) is 11.2. The van der Waals surface area contributed by atoms with Gasteiger partial charge in [0.2, 0.25) is 0 Å². The van der Waals surface area contributed by atoms with Crippen molar-refractivity contribution in [3.63, 3.8) is 0 Å². The molecule has 0 spiro atoms. The molecule has 0 N–H and O–H groups in total. The van der Waals surface area contributed by atoms with Gasteiger partial charge in [-0.25, -0.2) is 4.98 Å². The van der Waals surface area contributed by atoms with Crippen molar-refractivity contribution in [3.05, 3.63) is 41.7 Å². The molecule has 0 saturated heterocycles. The second kappa shape index (κ2) is 4.30. The Bertz CT molecular complexity index is 592. The Balaban J connectivity index is 2.41. The number of hydrogen-bond donors (Lipinski definition) is 0. The average molecular weight is 239 g/mol. The molecule has 0 radical (unpaired) electrons. The Hall–Kier alpha value is -2.08. The van der Waals surface area contributed by atoms with Crippen LogP contribution in [0, 0.1) is 11.3 Å². The molecular weight excluding hydrogens is 222 g/mol. The Morgan fingerprint density at radius 3 is 2.22 bits per heavy atom. The lowest BCUT2D eigenvalue weighted by Crippen LogP contribution is -2.10. The normalized spacial score (nSPS) is 11.3. The van der Waals surface area contributed by atoms with E-state index in [1.807, 2.05) is 11.6 Å². The molecular formula is C15H17N3. The van der Waals surface area contributed by atoms with Crippen molar-refractivity contribution in [3.8, 4) is 17.5 Å². The highest BCUT2D eigenvalue weighted by Crippen LogP contribution is 2.25. The van der Waals surface area contributed by atoms with Crippen LogP contribution in [0.5, 0.6) is 0 Å². The van der Waals surface area contributed by atoms with Crippen LogP contribution >= 0.6 is 0 Å². The van der Waals surface area contributed by atoms with E-state index in [0.717, 1.165) is 11.4 Å². The fourth-order valence-electron chi connectivity index (χ4n) is 1.91. The highest BCUT2D eigenvalue weighted by Gasteiger charge is 2.14. The van der Waals surface area contributed by atoms with Gasteiger partial charge >= 0.3 is 0 Å². The molecule has 92 valence electrons. The molecule has 1 aromatic carbocycles. The molecule has 0 aliphatic carbocycles. The lowest BCUT2D eigenvalue weighted by Gasteiger charge is -2.19. The SMILES string of the molecule is Cn1cc(C#N)nc1-c1ccc(C(C)(C)C)cc1. The topological polar surface area (TPSA) is 41.6 Å². The van der Waals surface area contributed by atoms with E-state index in [9.17, 15) is 0 Å². The molecule has 0 aliphatic heterocycles. The van der Waals surface area contributed by atoms with Crippen molar-refractivity contribution in [1.82, 2.24) is 9.55 Å². The van der Waals surface area contributed by atoms with Crippen LogP contribution in [0.1, 0.15) is 32.0 Å².